The minimum absolute atomic E-state index is 0.370. The first kappa shape index (κ1) is 19.3. The van der Waals surface area contributed by atoms with Crippen LogP contribution >= 0.6 is 27.5 Å². The Morgan fingerprint density at radius 3 is 2.70 bits per heavy atom. The molecule has 0 spiro atoms. The number of rotatable bonds is 4. The molecular formula is C19H17BrClN3O3. The van der Waals surface area contributed by atoms with Gasteiger partial charge in [0, 0.05) is 15.2 Å². The zero-order chi connectivity index (χ0) is 19.6. The summed E-state index contributed by atoms with van der Waals surface area (Å²) in [6, 6.07) is 11.4. The monoisotopic (exact) mass is 449 g/mol. The van der Waals surface area contributed by atoms with Gasteiger partial charge in [-0.1, -0.05) is 45.7 Å². The van der Waals surface area contributed by atoms with Crippen molar-refractivity contribution in [1.29, 1.82) is 0 Å². The third kappa shape index (κ3) is 4.09. The number of methoxy groups -OCH3 is 1. The molecule has 3 N–H and O–H groups in total. The van der Waals surface area contributed by atoms with Gasteiger partial charge in [-0.3, -0.25) is 4.79 Å². The van der Waals surface area contributed by atoms with E-state index in [1.54, 1.807) is 25.1 Å². The van der Waals surface area contributed by atoms with Crippen molar-refractivity contribution < 1.29 is 14.3 Å². The maximum atomic E-state index is 13.1. The Labute approximate surface area is 170 Å². The molecule has 27 heavy (non-hydrogen) atoms. The van der Waals surface area contributed by atoms with Gasteiger partial charge >= 0.3 is 6.03 Å². The molecule has 1 atom stereocenters. The molecule has 1 aliphatic heterocycles. The van der Waals surface area contributed by atoms with Gasteiger partial charge < -0.3 is 20.7 Å². The summed E-state index contributed by atoms with van der Waals surface area (Å²) in [7, 11) is 1.51. The smallest absolute Gasteiger partial charge is 0.319 e. The lowest BCUT2D eigenvalue weighted by Crippen LogP contribution is -2.46. The van der Waals surface area contributed by atoms with Gasteiger partial charge in [0.05, 0.1) is 24.4 Å². The summed E-state index contributed by atoms with van der Waals surface area (Å²) in [5.41, 5.74) is 2.08. The van der Waals surface area contributed by atoms with Crippen molar-refractivity contribution in [2.24, 2.45) is 0 Å². The molecule has 0 aliphatic carbocycles. The number of anilines is 1. The Kier molecular flexibility index (Phi) is 5.72. The summed E-state index contributed by atoms with van der Waals surface area (Å²) in [6.45, 7) is 1.69. The Balaban J connectivity index is 2.00. The van der Waals surface area contributed by atoms with Crippen LogP contribution in [-0.4, -0.2) is 19.0 Å². The number of hydrogen-bond acceptors (Lipinski definition) is 3. The van der Waals surface area contributed by atoms with Crippen LogP contribution in [0.5, 0.6) is 5.75 Å². The highest BCUT2D eigenvalue weighted by Gasteiger charge is 2.32. The number of allylic oxidation sites excluding steroid dienone is 1. The second-order valence-electron chi connectivity index (χ2n) is 5.89. The molecule has 140 valence electrons. The number of ether oxygens (including phenoxy) is 1. The zero-order valence-electron chi connectivity index (χ0n) is 14.6. The SMILES string of the molecule is COc1ccc(Cl)cc1NC(=O)C1=C(C)NC(=O)N[C@@H]1c1ccccc1Br. The van der Waals surface area contributed by atoms with Crippen molar-refractivity contribution >= 4 is 45.2 Å². The minimum Gasteiger partial charge on any atom is -0.495 e. The van der Waals surface area contributed by atoms with Gasteiger partial charge in [-0.25, -0.2) is 4.79 Å². The van der Waals surface area contributed by atoms with E-state index in [4.69, 9.17) is 16.3 Å². The standard InChI is InChI=1S/C19H17BrClN3O3/c1-10-16(18(25)23-14-9-11(21)7-8-15(14)27-2)17(24-19(26)22-10)12-5-3-4-6-13(12)20/h3-9,17H,1-2H3,(H,23,25)(H2,22,24,26)/t17-/m1/s1. The van der Waals surface area contributed by atoms with Crippen molar-refractivity contribution in [1.82, 2.24) is 10.6 Å². The first-order chi connectivity index (χ1) is 12.9. The molecule has 0 unspecified atom stereocenters. The van der Waals surface area contributed by atoms with Gasteiger partial charge in [0.25, 0.3) is 5.91 Å². The first-order valence-electron chi connectivity index (χ1n) is 8.08. The third-order valence-corrected chi connectivity index (χ3v) is 5.10. The molecule has 0 saturated carbocycles. The first-order valence-corrected chi connectivity index (χ1v) is 9.25. The largest absolute Gasteiger partial charge is 0.495 e. The van der Waals surface area contributed by atoms with Crippen LogP contribution in [0.4, 0.5) is 10.5 Å². The summed E-state index contributed by atoms with van der Waals surface area (Å²) >= 11 is 9.53. The van der Waals surface area contributed by atoms with E-state index >= 15 is 0 Å². The van der Waals surface area contributed by atoms with Crippen LogP contribution in [0.15, 0.2) is 58.2 Å². The van der Waals surface area contributed by atoms with Gasteiger partial charge in [-0.15, -0.1) is 0 Å². The number of hydrogen-bond donors (Lipinski definition) is 3. The molecule has 3 rings (SSSR count). The fraction of sp³-hybridized carbons (Fsp3) is 0.158. The molecule has 0 fully saturated rings. The van der Waals surface area contributed by atoms with Crippen molar-refractivity contribution in [3.05, 3.63) is 68.8 Å². The molecule has 0 radical (unpaired) electrons. The molecule has 1 heterocycles. The van der Waals surface area contributed by atoms with Gasteiger partial charge in [0.15, 0.2) is 0 Å². The van der Waals surface area contributed by atoms with E-state index in [1.165, 1.54) is 7.11 Å². The highest BCUT2D eigenvalue weighted by molar-refractivity contribution is 9.10. The number of carbonyl (C=O) groups is 2. The van der Waals surface area contributed by atoms with Crippen LogP contribution in [0.25, 0.3) is 0 Å². The Morgan fingerprint density at radius 2 is 2.00 bits per heavy atom. The average molecular weight is 451 g/mol. The van der Waals surface area contributed by atoms with Crippen molar-refractivity contribution in [2.45, 2.75) is 13.0 Å². The quantitative estimate of drug-likeness (QED) is 0.647. The molecular weight excluding hydrogens is 434 g/mol. The Bertz CT molecular complexity index is 946. The maximum Gasteiger partial charge on any atom is 0.319 e. The molecule has 8 heteroatoms. The lowest BCUT2D eigenvalue weighted by molar-refractivity contribution is -0.113. The second kappa shape index (κ2) is 8.02. The van der Waals surface area contributed by atoms with Crippen LogP contribution in [0.3, 0.4) is 0 Å². The van der Waals surface area contributed by atoms with E-state index in [0.717, 1.165) is 10.0 Å². The summed E-state index contributed by atoms with van der Waals surface area (Å²) in [5, 5.41) is 8.75. The van der Waals surface area contributed by atoms with Gasteiger partial charge in [0.2, 0.25) is 0 Å². The fourth-order valence-electron chi connectivity index (χ4n) is 2.90. The van der Waals surface area contributed by atoms with Crippen LogP contribution in [0.1, 0.15) is 18.5 Å². The molecule has 0 bridgehead atoms. The van der Waals surface area contributed by atoms with E-state index in [2.05, 4.69) is 31.9 Å². The number of amides is 3. The summed E-state index contributed by atoms with van der Waals surface area (Å²) < 4.78 is 6.07. The van der Waals surface area contributed by atoms with Crippen molar-refractivity contribution in [3.63, 3.8) is 0 Å². The molecule has 2 aromatic rings. The van der Waals surface area contributed by atoms with Crippen LogP contribution in [0.2, 0.25) is 5.02 Å². The van der Waals surface area contributed by atoms with E-state index in [-0.39, 0.29) is 11.9 Å². The Hall–Kier alpha value is -2.51. The van der Waals surface area contributed by atoms with Crippen LogP contribution in [0, 0.1) is 0 Å². The second-order valence-corrected chi connectivity index (χ2v) is 7.18. The summed E-state index contributed by atoms with van der Waals surface area (Å²) in [6.07, 6.45) is 0. The van der Waals surface area contributed by atoms with Gasteiger partial charge in [-0.2, -0.15) is 0 Å². The van der Waals surface area contributed by atoms with Crippen molar-refractivity contribution in [3.8, 4) is 5.75 Å². The number of nitrogens with one attached hydrogen (secondary N) is 3. The number of urea groups is 1. The fourth-order valence-corrected chi connectivity index (χ4v) is 3.59. The van der Waals surface area contributed by atoms with Crippen LogP contribution < -0.4 is 20.7 Å². The predicted octanol–water partition coefficient (Wildman–Crippen LogP) is 4.38. The molecule has 0 saturated heterocycles. The molecule has 0 aromatic heterocycles. The molecule has 3 amide bonds. The minimum atomic E-state index is -0.612. The number of carbonyl (C=O) groups excluding carboxylic acids is 2. The zero-order valence-corrected chi connectivity index (χ0v) is 16.9. The lowest BCUT2D eigenvalue weighted by atomic mass is 9.95. The van der Waals surface area contributed by atoms with E-state index in [9.17, 15) is 9.59 Å². The maximum absolute atomic E-state index is 13.1. The van der Waals surface area contributed by atoms with Crippen molar-refractivity contribution in [2.75, 3.05) is 12.4 Å². The van der Waals surface area contributed by atoms with Gasteiger partial charge in [0.1, 0.15) is 5.75 Å². The molecule has 6 nitrogen and oxygen atoms in total. The number of halogens is 2. The highest BCUT2D eigenvalue weighted by atomic mass is 79.9. The normalized spacial score (nSPS) is 16.4. The summed E-state index contributed by atoms with van der Waals surface area (Å²) in [4.78, 5) is 25.1. The summed E-state index contributed by atoms with van der Waals surface area (Å²) in [5.74, 6) is 0.109. The van der Waals surface area contributed by atoms with E-state index in [1.807, 2.05) is 24.3 Å². The third-order valence-electron chi connectivity index (χ3n) is 4.14. The predicted molar refractivity (Wildman–Crippen MR) is 108 cm³/mol. The van der Waals surface area contributed by atoms with Gasteiger partial charge in [-0.05, 0) is 36.8 Å². The highest BCUT2D eigenvalue weighted by Crippen LogP contribution is 2.34. The topological polar surface area (TPSA) is 79.5 Å². The molecule has 1 aliphatic rings. The van der Waals surface area contributed by atoms with E-state index in [0.29, 0.717) is 27.7 Å². The van der Waals surface area contributed by atoms with E-state index < -0.39 is 6.04 Å². The lowest BCUT2D eigenvalue weighted by Gasteiger charge is -2.29. The van der Waals surface area contributed by atoms with Crippen LogP contribution in [-0.2, 0) is 4.79 Å². The number of benzene rings is 2. The average Bonchev–Trinajstić information content (AvgIpc) is 2.61. The Morgan fingerprint density at radius 1 is 1.26 bits per heavy atom. The molecule has 2 aromatic carbocycles.